The van der Waals surface area contributed by atoms with Gasteiger partial charge in [0.25, 0.3) is 0 Å². The van der Waals surface area contributed by atoms with Crippen molar-refractivity contribution in [2.75, 3.05) is 18.5 Å². The first-order valence-corrected chi connectivity index (χ1v) is 7.72. The third-order valence-electron chi connectivity index (χ3n) is 3.71. The highest BCUT2D eigenvalue weighted by atomic mass is 15.1. The van der Waals surface area contributed by atoms with Crippen molar-refractivity contribution in [2.24, 2.45) is 0 Å². The minimum Gasteiger partial charge on any atom is -0.344 e. The maximum absolute atomic E-state index is 4.26. The quantitative estimate of drug-likeness (QED) is 0.781. The van der Waals surface area contributed by atoms with Crippen LogP contribution in [-0.4, -0.2) is 18.6 Å². The van der Waals surface area contributed by atoms with Gasteiger partial charge in [-0.15, -0.1) is 0 Å². The van der Waals surface area contributed by atoms with Crippen LogP contribution in [0.2, 0.25) is 0 Å². The SMILES string of the molecule is CCCNCc1cnccc1N(C)c1ccc(CC)cc1. The fourth-order valence-electron chi connectivity index (χ4n) is 2.38. The van der Waals surface area contributed by atoms with E-state index >= 15 is 0 Å². The van der Waals surface area contributed by atoms with Crippen LogP contribution in [0, 0.1) is 0 Å². The Kier molecular flexibility index (Phi) is 5.76. The molecule has 0 spiro atoms. The van der Waals surface area contributed by atoms with Gasteiger partial charge in [0.1, 0.15) is 0 Å². The van der Waals surface area contributed by atoms with Crippen LogP contribution in [0.5, 0.6) is 0 Å². The third kappa shape index (κ3) is 4.05. The number of nitrogens with one attached hydrogen (secondary N) is 1. The van der Waals surface area contributed by atoms with Crippen LogP contribution in [0.1, 0.15) is 31.4 Å². The molecule has 0 saturated heterocycles. The maximum Gasteiger partial charge on any atom is 0.0484 e. The highest BCUT2D eigenvalue weighted by molar-refractivity contribution is 5.65. The second-order valence-electron chi connectivity index (χ2n) is 5.26. The van der Waals surface area contributed by atoms with Gasteiger partial charge in [0.05, 0.1) is 0 Å². The molecular formula is C18H25N3. The summed E-state index contributed by atoms with van der Waals surface area (Å²) < 4.78 is 0. The zero-order chi connectivity index (χ0) is 15.1. The van der Waals surface area contributed by atoms with Crippen LogP contribution < -0.4 is 10.2 Å². The molecule has 0 aliphatic heterocycles. The topological polar surface area (TPSA) is 28.2 Å². The molecule has 112 valence electrons. The first kappa shape index (κ1) is 15.5. The zero-order valence-electron chi connectivity index (χ0n) is 13.3. The second-order valence-corrected chi connectivity index (χ2v) is 5.26. The maximum atomic E-state index is 4.26. The summed E-state index contributed by atoms with van der Waals surface area (Å²) in [5.74, 6) is 0. The fraction of sp³-hybridized carbons (Fsp3) is 0.389. The van der Waals surface area contributed by atoms with Gasteiger partial charge >= 0.3 is 0 Å². The number of hydrogen-bond acceptors (Lipinski definition) is 3. The highest BCUT2D eigenvalue weighted by Gasteiger charge is 2.09. The lowest BCUT2D eigenvalue weighted by atomic mass is 10.1. The van der Waals surface area contributed by atoms with E-state index in [4.69, 9.17) is 0 Å². The molecule has 0 bridgehead atoms. The molecule has 0 aliphatic carbocycles. The Morgan fingerprint density at radius 1 is 1.10 bits per heavy atom. The van der Waals surface area contributed by atoms with Crippen LogP contribution >= 0.6 is 0 Å². The summed E-state index contributed by atoms with van der Waals surface area (Å²) in [5, 5.41) is 3.45. The van der Waals surface area contributed by atoms with Crippen LogP contribution in [-0.2, 0) is 13.0 Å². The van der Waals surface area contributed by atoms with Gasteiger partial charge in [0.15, 0.2) is 0 Å². The van der Waals surface area contributed by atoms with Gasteiger partial charge < -0.3 is 10.2 Å². The summed E-state index contributed by atoms with van der Waals surface area (Å²) in [6.45, 7) is 6.25. The first-order valence-electron chi connectivity index (χ1n) is 7.72. The molecule has 0 unspecified atom stereocenters. The molecule has 0 amide bonds. The third-order valence-corrected chi connectivity index (χ3v) is 3.71. The van der Waals surface area contributed by atoms with Crippen molar-refractivity contribution >= 4 is 11.4 Å². The molecule has 1 heterocycles. The number of aromatic nitrogens is 1. The van der Waals surface area contributed by atoms with Crippen LogP contribution in [0.25, 0.3) is 0 Å². The number of pyridine rings is 1. The van der Waals surface area contributed by atoms with Crippen molar-refractivity contribution in [1.82, 2.24) is 10.3 Å². The van der Waals surface area contributed by atoms with Crippen LogP contribution in [0.4, 0.5) is 11.4 Å². The molecule has 3 heteroatoms. The van der Waals surface area contributed by atoms with Crippen molar-refractivity contribution in [1.29, 1.82) is 0 Å². The Bertz CT molecular complexity index is 549. The van der Waals surface area contributed by atoms with Crippen molar-refractivity contribution in [2.45, 2.75) is 33.2 Å². The van der Waals surface area contributed by atoms with Crippen molar-refractivity contribution in [3.8, 4) is 0 Å². The minimum atomic E-state index is 0.856. The van der Waals surface area contributed by atoms with E-state index in [1.807, 2.05) is 12.4 Å². The molecule has 3 nitrogen and oxygen atoms in total. The lowest BCUT2D eigenvalue weighted by Crippen LogP contribution is -2.18. The van der Waals surface area contributed by atoms with Crippen LogP contribution in [0.3, 0.4) is 0 Å². The average molecular weight is 283 g/mol. The van der Waals surface area contributed by atoms with Crippen molar-refractivity contribution in [3.63, 3.8) is 0 Å². The molecule has 2 rings (SSSR count). The first-order chi connectivity index (χ1) is 10.3. The molecule has 1 aromatic carbocycles. The lowest BCUT2D eigenvalue weighted by molar-refractivity contribution is 0.674. The molecule has 0 radical (unpaired) electrons. The summed E-state index contributed by atoms with van der Waals surface area (Å²) in [5.41, 5.74) is 5.01. The van der Waals surface area contributed by atoms with E-state index in [1.54, 1.807) is 0 Å². The Labute approximate surface area is 128 Å². The summed E-state index contributed by atoms with van der Waals surface area (Å²) in [7, 11) is 2.11. The smallest absolute Gasteiger partial charge is 0.0484 e. The molecule has 1 aromatic heterocycles. The minimum absolute atomic E-state index is 0.856. The van der Waals surface area contributed by atoms with E-state index in [-0.39, 0.29) is 0 Å². The van der Waals surface area contributed by atoms with Gasteiger partial charge in [-0.1, -0.05) is 26.0 Å². The van der Waals surface area contributed by atoms with Crippen LogP contribution in [0.15, 0.2) is 42.7 Å². The van der Waals surface area contributed by atoms with E-state index < -0.39 is 0 Å². The van der Waals surface area contributed by atoms with Crippen molar-refractivity contribution < 1.29 is 0 Å². The molecular weight excluding hydrogens is 258 g/mol. The number of anilines is 2. The molecule has 21 heavy (non-hydrogen) atoms. The van der Waals surface area contributed by atoms with E-state index in [9.17, 15) is 0 Å². The molecule has 0 fully saturated rings. The normalized spacial score (nSPS) is 10.6. The zero-order valence-corrected chi connectivity index (χ0v) is 13.3. The summed E-state index contributed by atoms with van der Waals surface area (Å²) in [6.07, 6.45) is 6.03. The molecule has 1 N–H and O–H groups in total. The van der Waals surface area contributed by atoms with Crippen molar-refractivity contribution in [3.05, 3.63) is 53.9 Å². The molecule has 0 saturated carbocycles. The summed E-state index contributed by atoms with van der Waals surface area (Å²) >= 11 is 0. The number of benzene rings is 1. The molecule has 0 atom stereocenters. The second kappa shape index (κ2) is 7.79. The monoisotopic (exact) mass is 283 g/mol. The number of aryl methyl sites for hydroxylation is 1. The average Bonchev–Trinajstić information content (AvgIpc) is 2.55. The van der Waals surface area contributed by atoms with E-state index in [0.717, 1.165) is 25.9 Å². The standard InChI is InChI=1S/C18H25N3/c1-4-11-19-13-16-14-20-12-10-18(16)21(3)17-8-6-15(5-2)7-9-17/h6-10,12,14,19H,4-5,11,13H2,1-3H3. The molecule has 0 aliphatic rings. The highest BCUT2D eigenvalue weighted by Crippen LogP contribution is 2.26. The van der Waals surface area contributed by atoms with E-state index in [0.29, 0.717) is 0 Å². The Hall–Kier alpha value is -1.87. The van der Waals surface area contributed by atoms with Gasteiger partial charge in [0, 0.05) is 42.9 Å². The number of nitrogens with zero attached hydrogens (tertiary/aromatic N) is 2. The van der Waals surface area contributed by atoms with Gasteiger partial charge in [-0.3, -0.25) is 4.98 Å². The van der Waals surface area contributed by atoms with E-state index in [1.165, 1.54) is 22.5 Å². The Morgan fingerprint density at radius 2 is 1.86 bits per heavy atom. The van der Waals surface area contributed by atoms with Gasteiger partial charge in [-0.25, -0.2) is 0 Å². The number of rotatable bonds is 7. The summed E-state index contributed by atoms with van der Waals surface area (Å²) in [6, 6.07) is 10.8. The van der Waals surface area contributed by atoms with E-state index in [2.05, 4.69) is 66.4 Å². The van der Waals surface area contributed by atoms with Gasteiger partial charge in [-0.2, -0.15) is 0 Å². The van der Waals surface area contributed by atoms with Gasteiger partial charge in [-0.05, 0) is 43.1 Å². The lowest BCUT2D eigenvalue weighted by Gasteiger charge is -2.22. The largest absolute Gasteiger partial charge is 0.344 e. The fourth-order valence-corrected chi connectivity index (χ4v) is 2.38. The number of hydrogen-bond donors (Lipinski definition) is 1. The Balaban J connectivity index is 2.19. The summed E-state index contributed by atoms with van der Waals surface area (Å²) in [4.78, 5) is 6.49. The Morgan fingerprint density at radius 3 is 2.52 bits per heavy atom. The van der Waals surface area contributed by atoms with Gasteiger partial charge in [0.2, 0.25) is 0 Å². The predicted molar refractivity (Wildman–Crippen MR) is 90.1 cm³/mol. The molecule has 2 aromatic rings. The predicted octanol–water partition coefficient (Wildman–Crippen LogP) is 3.91.